The van der Waals surface area contributed by atoms with Crippen LogP contribution < -0.4 is 10.1 Å². The highest BCUT2D eigenvalue weighted by Crippen LogP contribution is 2.10. The summed E-state index contributed by atoms with van der Waals surface area (Å²) in [6.07, 6.45) is 2.86. The van der Waals surface area contributed by atoms with Crippen molar-refractivity contribution in [1.29, 1.82) is 0 Å². The van der Waals surface area contributed by atoms with Crippen molar-refractivity contribution < 1.29 is 9.47 Å². The maximum absolute atomic E-state index is 5.82. The summed E-state index contributed by atoms with van der Waals surface area (Å²) in [5.41, 5.74) is 0. The molecule has 1 atom stereocenters. The topological polar surface area (TPSA) is 59.5 Å². The molecular weight excluding hydrogens is 304 g/mol. The van der Waals surface area contributed by atoms with Crippen LogP contribution in [0.5, 0.6) is 5.75 Å². The number of benzene rings is 1. The van der Waals surface area contributed by atoms with Gasteiger partial charge in [-0.05, 0) is 30.7 Å². The molecule has 1 aromatic carbocycles. The second kappa shape index (κ2) is 9.20. The standard InChI is InChI=1S/C18H24N4O2/c1-2-6-16(7-3-1)23-12-5-10-22-11-13-24-17(15-22)14-19-18-8-4-9-20-21-18/h1-4,6-9,17H,5,10-15H2,(H,19,21)/t17-/m1/s1. The monoisotopic (exact) mass is 328 g/mol. The maximum Gasteiger partial charge on any atom is 0.148 e. The first-order valence-electron chi connectivity index (χ1n) is 8.43. The average Bonchev–Trinajstić information content (AvgIpc) is 2.66. The minimum Gasteiger partial charge on any atom is -0.494 e. The van der Waals surface area contributed by atoms with Gasteiger partial charge in [0.2, 0.25) is 0 Å². The molecule has 3 rings (SSSR count). The third-order valence-electron chi connectivity index (χ3n) is 3.94. The van der Waals surface area contributed by atoms with Gasteiger partial charge < -0.3 is 14.8 Å². The lowest BCUT2D eigenvalue weighted by Crippen LogP contribution is -2.45. The van der Waals surface area contributed by atoms with Crippen LogP contribution in [0.2, 0.25) is 0 Å². The molecule has 1 saturated heterocycles. The summed E-state index contributed by atoms with van der Waals surface area (Å²) in [5.74, 6) is 1.72. The fourth-order valence-corrected chi connectivity index (χ4v) is 2.72. The van der Waals surface area contributed by atoms with Gasteiger partial charge in [-0.25, -0.2) is 0 Å². The van der Waals surface area contributed by atoms with E-state index in [0.29, 0.717) is 0 Å². The maximum atomic E-state index is 5.82. The highest BCUT2D eigenvalue weighted by atomic mass is 16.5. The molecule has 2 aromatic rings. The molecule has 6 heteroatoms. The van der Waals surface area contributed by atoms with Crippen LogP contribution in [-0.2, 0) is 4.74 Å². The van der Waals surface area contributed by atoms with Crippen LogP contribution in [-0.4, -0.2) is 60.6 Å². The van der Waals surface area contributed by atoms with Gasteiger partial charge in [0.1, 0.15) is 11.6 Å². The average molecular weight is 328 g/mol. The second-order valence-electron chi connectivity index (χ2n) is 5.80. The predicted molar refractivity (Wildman–Crippen MR) is 93.3 cm³/mol. The van der Waals surface area contributed by atoms with E-state index < -0.39 is 0 Å². The molecule has 128 valence electrons. The van der Waals surface area contributed by atoms with Gasteiger partial charge >= 0.3 is 0 Å². The molecule has 1 fully saturated rings. The number of nitrogens with zero attached hydrogens (tertiary/aromatic N) is 3. The van der Waals surface area contributed by atoms with E-state index in [0.717, 1.165) is 57.4 Å². The fraction of sp³-hybridized carbons (Fsp3) is 0.444. The Balaban J connectivity index is 1.33. The van der Waals surface area contributed by atoms with Gasteiger partial charge in [0.15, 0.2) is 0 Å². The Hall–Kier alpha value is -2.18. The van der Waals surface area contributed by atoms with Crippen molar-refractivity contribution in [2.24, 2.45) is 0 Å². The Morgan fingerprint density at radius 3 is 2.96 bits per heavy atom. The lowest BCUT2D eigenvalue weighted by atomic mass is 10.2. The molecule has 24 heavy (non-hydrogen) atoms. The first-order valence-corrected chi connectivity index (χ1v) is 8.43. The van der Waals surface area contributed by atoms with Gasteiger partial charge in [-0.1, -0.05) is 18.2 Å². The van der Waals surface area contributed by atoms with Crippen molar-refractivity contribution >= 4 is 5.82 Å². The Morgan fingerprint density at radius 1 is 1.21 bits per heavy atom. The zero-order chi connectivity index (χ0) is 16.5. The largest absolute Gasteiger partial charge is 0.494 e. The number of rotatable bonds is 8. The van der Waals surface area contributed by atoms with Gasteiger partial charge in [-0.3, -0.25) is 4.90 Å². The fourth-order valence-electron chi connectivity index (χ4n) is 2.72. The molecule has 1 aliphatic rings. The summed E-state index contributed by atoms with van der Waals surface area (Å²) >= 11 is 0. The summed E-state index contributed by atoms with van der Waals surface area (Å²) in [5, 5.41) is 11.2. The van der Waals surface area contributed by atoms with E-state index in [1.807, 2.05) is 42.5 Å². The highest BCUT2D eigenvalue weighted by Gasteiger charge is 2.20. The Labute approximate surface area is 142 Å². The minimum absolute atomic E-state index is 0.177. The van der Waals surface area contributed by atoms with Gasteiger partial charge in [-0.15, -0.1) is 5.10 Å². The third kappa shape index (κ3) is 5.47. The lowest BCUT2D eigenvalue weighted by Gasteiger charge is -2.33. The summed E-state index contributed by atoms with van der Waals surface area (Å²) in [4.78, 5) is 2.43. The molecule has 0 amide bonds. The smallest absolute Gasteiger partial charge is 0.148 e. The van der Waals surface area contributed by atoms with Crippen molar-refractivity contribution in [1.82, 2.24) is 15.1 Å². The van der Waals surface area contributed by atoms with Crippen molar-refractivity contribution in [3.8, 4) is 5.75 Å². The molecule has 0 unspecified atom stereocenters. The third-order valence-corrected chi connectivity index (χ3v) is 3.94. The van der Waals surface area contributed by atoms with Crippen LogP contribution in [0, 0.1) is 0 Å². The normalized spacial score (nSPS) is 18.2. The van der Waals surface area contributed by atoms with E-state index in [1.54, 1.807) is 6.20 Å². The summed E-state index contributed by atoms with van der Waals surface area (Å²) in [6, 6.07) is 13.7. The first-order chi connectivity index (χ1) is 11.9. The number of aromatic nitrogens is 2. The molecule has 0 radical (unpaired) electrons. The van der Waals surface area contributed by atoms with Crippen molar-refractivity contribution in [2.75, 3.05) is 44.7 Å². The molecule has 2 heterocycles. The predicted octanol–water partition coefficient (Wildman–Crippen LogP) is 2.06. The molecule has 1 aliphatic heterocycles. The minimum atomic E-state index is 0.177. The summed E-state index contributed by atoms with van der Waals surface area (Å²) in [6.45, 7) is 5.19. The summed E-state index contributed by atoms with van der Waals surface area (Å²) in [7, 11) is 0. The molecule has 0 aliphatic carbocycles. The van der Waals surface area contributed by atoms with E-state index >= 15 is 0 Å². The lowest BCUT2D eigenvalue weighted by molar-refractivity contribution is -0.0222. The number of para-hydroxylation sites is 1. The van der Waals surface area contributed by atoms with Crippen LogP contribution in [0.1, 0.15) is 6.42 Å². The molecule has 1 aromatic heterocycles. The van der Waals surface area contributed by atoms with Crippen LogP contribution in [0.15, 0.2) is 48.7 Å². The van der Waals surface area contributed by atoms with E-state index in [-0.39, 0.29) is 6.10 Å². The van der Waals surface area contributed by atoms with E-state index in [4.69, 9.17) is 9.47 Å². The van der Waals surface area contributed by atoms with E-state index in [1.165, 1.54) is 0 Å². The number of morpholine rings is 1. The van der Waals surface area contributed by atoms with Crippen LogP contribution in [0.3, 0.4) is 0 Å². The summed E-state index contributed by atoms with van der Waals surface area (Å²) < 4.78 is 11.6. The van der Waals surface area contributed by atoms with E-state index in [2.05, 4.69) is 20.4 Å². The van der Waals surface area contributed by atoms with Gasteiger partial charge in [-0.2, -0.15) is 5.10 Å². The number of hydrogen-bond donors (Lipinski definition) is 1. The first kappa shape index (κ1) is 16.7. The Bertz CT molecular complexity index is 582. The van der Waals surface area contributed by atoms with E-state index in [9.17, 15) is 0 Å². The zero-order valence-electron chi connectivity index (χ0n) is 13.8. The van der Waals surface area contributed by atoms with Crippen molar-refractivity contribution in [2.45, 2.75) is 12.5 Å². The van der Waals surface area contributed by atoms with Gasteiger partial charge in [0.05, 0.1) is 19.3 Å². The molecule has 1 N–H and O–H groups in total. The number of ether oxygens (including phenoxy) is 2. The molecule has 0 spiro atoms. The van der Waals surface area contributed by atoms with Gasteiger partial charge in [0, 0.05) is 32.4 Å². The molecule has 6 nitrogen and oxygen atoms in total. The van der Waals surface area contributed by atoms with Crippen molar-refractivity contribution in [3.63, 3.8) is 0 Å². The second-order valence-corrected chi connectivity index (χ2v) is 5.80. The Morgan fingerprint density at radius 2 is 2.12 bits per heavy atom. The zero-order valence-corrected chi connectivity index (χ0v) is 13.8. The van der Waals surface area contributed by atoms with Crippen LogP contribution >= 0.6 is 0 Å². The number of anilines is 1. The van der Waals surface area contributed by atoms with Crippen molar-refractivity contribution in [3.05, 3.63) is 48.7 Å². The molecular formula is C18H24N4O2. The number of nitrogens with one attached hydrogen (secondary N) is 1. The van der Waals surface area contributed by atoms with Gasteiger partial charge in [0.25, 0.3) is 0 Å². The Kier molecular flexibility index (Phi) is 6.39. The van der Waals surface area contributed by atoms with Crippen LogP contribution in [0.4, 0.5) is 5.82 Å². The number of hydrogen-bond acceptors (Lipinski definition) is 6. The SMILES string of the molecule is c1ccc(OCCCN2CCO[C@H](CNc3cccnn3)C2)cc1. The van der Waals surface area contributed by atoms with Crippen LogP contribution in [0.25, 0.3) is 0 Å². The quantitative estimate of drug-likeness (QED) is 0.749. The molecule has 0 saturated carbocycles. The highest BCUT2D eigenvalue weighted by molar-refractivity contribution is 5.31. The molecule has 0 bridgehead atoms.